The van der Waals surface area contributed by atoms with Gasteiger partial charge in [0.1, 0.15) is 0 Å². The summed E-state index contributed by atoms with van der Waals surface area (Å²) in [6.45, 7) is 8.99. The summed E-state index contributed by atoms with van der Waals surface area (Å²) in [6, 6.07) is 10.8. The van der Waals surface area contributed by atoms with Crippen LogP contribution in [0, 0.1) is 5.92 Å². The molecule has 0 fully saturated rings. The third-order valence-corrected chi connectivity index (χ3v) is 6.12. The summed E-state index contributed by atoms with van der Waals surface area (Å²) in [5, 5.41) is 0. The van der Waals surface area contributed by atoms with Gasteiger partial charge in [-0.25, -0.2) is 0 Å². The van der Waals surface area contributed by atoms with Crippen LogP contribution in [0.4, 0.5) is 0 Å². The van der Waals surface area contributed by atoms with Crippen molar-refractivity contribution in [2.45, 2.75) is 52.2 Å². The van der Waals surface area contributed by atoms with Gasteiger partial charge >= 0.3 is 123 Å². The SMILES string of the molecule is CCC1(CC)C=C([Se]c2ccccc2)C(C(C)C)O1. The second-order valence-corrected chi connectivity index (χ2v) is 7.92. The average Bonchev–Trinajstić information content (AvgIpc) is 2.80. The van der Waals surface area contributed by atoms with Crippen LogP contribution in [0.25, 0.3) is 0 Å². The molecule has 0 aromatic heterocycles. The van der Waals surface area contributed by atoms with Crippen LogP contribution in [0.5, 0.6) is 0 Å². The van der Waals surface area contributed by atoms with Crippen LogP contribution in [-0.4, -0.2) is 26.7 Å². The van der Waals surface area contributed by atoms with Gasteiger partial charge in [0.25, 0.3) is 0 Å². The van der Waals surface area contributed by atoms with E-state index < -0.39 is 0 Å². The van der Waals surface area contributed by atoms with Gasteiger partial charge in [0, 0.05) is 0 Å². The van der Waals surface area contributed by atoms with E-state index in [0.29, 0.717) is 27.0 Å². The molecule has 1 heterocycles. The molecule has 0 aliphatic carbocycles. The molecule has 2 heteroatoms. The average molecular weight is 323 g/mol. The predicted molar refractivity (Wildman–Crippen MR) is 82.9 cm³/mol. The molecule has 19 heavy (non-hydrogen) atoms. The van der Waals surface area contributed by atoms with Gasteiger partial charge < -0.3 is 0 Å². The number of hydrogen-bond donors (Lipinski definition) is 0. The minimum atomic E-state index is -0.0131. The molecular formula is C17H24OSe. The van der Waals surface area contributed by atoms with E-state index >= 15 is 0 Å². The second-order valence-electron chi connectivity index (χ2n) is 5.52. The third kappa shape index (κ3) is 3.31. The molecule has 1 aromatic carbocycles. The Hall–Kier alpha value is -0.561. The van der Waals surface area contributed by atoms with Crippen molar-refractivity contribution in [2.75, 3.05) is 0 Å². The first-order valence-electron chi connectivity index (χ1n) is 7.23. The Bertz CT molecular complexity index is 432. The van der Waals surface area contributed by atoms with Crippen molar-refractivity contribution in [3.63, 3.8) is 0 Å². The quantitative estimate of drug-likeness (QED) is 0.754. The van der Waals surface area contributed by atoms with Crippen LogP contribution < -0.4 is 4.46 Å². The van der Waals surface area contributed by atoms with Gasteiger partial charge in [0.05, 0.1) is 0 Å². The van der Waals surface area contributed by atoms with Crippen LogP contribution in [0.1, 0.15) is 40.5 Å². The van der Waals surface area contributed by atoms with Crippen LogP contribution in [0.2, 0.25) is 0 Å². The number of hydrogen-bond acceptors (Lipinski definition) is 1. The van der Waals surface area contributed by atoms with Crippen LogP contribution in [0.15, 0.2) is 40.9 Å². The van der Waals surface area contributed by atoms with Gasteiger partial charge in [-0.2, -0.15) is 0 Å². The van der Waals surface area contributed by atoms with Gasteiger partial charge in [0.15, 0.2) is 0 Å². The van der Waals surface area contributed by atoms with Crippen LogP contribution in [-0.2, 0) is 4.74 Å². The molecule has 0 saturated carbocycles. The fourth-order valence-corrected chi connectivity index (χ4v) is 5.16. The Morgan fingerprint density at radius 1 is 1.16 bits per heavy atom. The number of ether oxygens (including phenoxy) is 1. The van der Waals surface area contributed by atoms with Gasteiger partial charge in [-0.15, -0.1) is 0 Å². The van der Waals surface area contributed by atoms with Crippen molar-refractivity contribution in [3.05, 3.63) is 40.9 Å². The second kappa shape index (κ2) is 6.26. The summed E-state index contributed by atoms with van der Waals surface area (Å²) in [5.74, 6) is 0.553. The molecule has 0 spiro atoms. The van der Waals surface area contributed by atoms with Crippen molar-refractivity contribution in [1.82, 2.24) is 0 Å². The Kier molecular flexibility index (Phi) is 4.89. The van der Waals surface area contributed by atoms with E-state index in [-0.39, 0.29) is 5.60 Å². The summed E-state index contributed by atoms with van der Waals surface area (Å²) in [7, 11) is 0. The van der Waals surface area contributed by atoms with Crippen LogP contribution >= 0.6 is 0 Å². The Morgan fingerprint density at radius 3 is 2.32 bits per heavy atom. The topological polar surface area (TPSA) is 9.23 Å². The van der Waals surface area contributed by atoms with Crippen LogP contribution in [0.3, 0.4) is 0 Å². The summed E-state index contributed by atoms with van der Waals surface area (Å²) < 4.78 is 9.39. The molecule has 1 atom stereocenters. The monoisotopic (exact) mass is 324 g/mol. The molecule has 0 radical (unpaired) electrons. The van der Waals surface area contributed by atoms with Crippen molar-refractivity contribution >= 4 is 19.4 Å². The molecular weight excluding hydrogens is 299 g/mol. The first-order chi connectivity index (χ1) is 9.10. The summed E-state index contributed by atoms with van der Waals surface area (Å²) in [6.07, 6.45) is 4.88. The maximum atomic E-state index is 6.42. The van der Waals surface area contributed by atoms with E-state index in [1.54, 1.807) is 0 Å². The molecule has 1 aliphatic heterocycles. The zero-order valence-electron chi connectivity index (χ0n) is 12.3. The normalized spacial score (nSPS) is 21.7. The van der Waals surface area contributed by atoms with Crippen molar-refractivity contribution in [1.29, 1.82) is 0 Å². The van der Waals surface area contributed by atoms with E-state index in [4.69, 9.17) is 4.74 Å². The summed E-state index contributed by atoms with van der Waals surface area (Å²) in [5.41, 5.74) is -0.0131. The molecule has 0 N–H and O–H groups in total. The third-order valence-electron chi connectivity index (χ3n) is 3.83. The summed E-state index contributed by atoms with van der Waals surface area (Å²) >= 11 is 0.391. The molecule has 1 aliphatic rings. The van der Waals surface area contributed by atoms with Gasteiger partial charge in [-0.05, 0) is 0 Å². The zero-order valence-corrected chi connectivity index (χ0v) is 14.1. The van der Waals surface area contributed by atoms with Crippen molar-refractivity contribution in [2.24, 2.45) is 5.92 Å². The first-order valence-corrected chi connectivity index (χ1v) is 8.95. The number of rotatable bonds is 5. The number of benzene rings is 1. The van der Waals surface area contributed by atoms with Crippen molar-refractivity contribution < 1.29 is 4.74 Å². The fourth-order valence-electron chi connectivity index (χ4n) is 2.48. The zero-order chi connectivity index (χ0) is 13.9. The van der Waals surface area contributed by atoms with Crippen molar-refractivity contribution in [3.8, 4) is 0 Å². The van der Waals surface area contributed by atoms with E-state index in [2.05, 4.69) is 64.1 Å². The Balaban J connectivity index is 2.24. The standard InChI is InChI=1S/C17H24OSe/c1-5-17(6-2)12-15(16(18-17)13(3)4)19-14-10-8-7-9-11-14/h7-13,16H,5-6H2,1-4H3. The molecule has 0 saturated heterocycles. The Labute approximate surface area is 123 Å². The van der Waals surface area contributed by atoms with Gasteiger partial charge in [-0.3, -0.25) is 0 Å². The molecule has 0 bridgehead atoms. The molecule has 0 amide bonds. The molecule has 1 nitrogen and oxygen atoms in total. The van der Waals surface area contributed by atoms with E-state index in [1.807, 2.05) is 0 Å². The summed E-state index contributed by atoms with van der Waals surface area (Å²) in [4.78, 5) is 0. The van der Waals surface area contributed by atoms with Gasteiger partial charge in [0.2, 0.25) is 0 Å². The first kappa shape index (κ1) is 14.8. The molecule has 104 valence electrons. The maximum absolute atomic E-state index is 6.42. The van der Waals surface area contributed by atoms with E-state index in [0.717, 1.165) is 12.8 Å². The fraction of sp³-hybridized carbons (Fsp3) is 0.529. The Morgan fingerprint density at radius 2 is 1.79 bits per heavy atom. The van der Waals surface area contributed by atoms with Gasteiger partial charge in [-0.1, -0.05) is 0 Å². The molecule has 1 unspecified atom stereocenters. The predicted octanol–water partition coefficient (Wildman–Crippen LogP) is 3.51. The molecule has 1 aromatic rings. The molecule has 2 rings (SSSR count). The minimum absolute atomic E-state index is 0.0131. The van der Waals surface area contributed by atoms with E-state index in [9.17, 15) is 0 Å². The van der Waals surface area contributed by atoms with E-state index in [1.165, 1.54) is 8.93 Å².